The van der Waals surface area contributed by atoms with E-state index >= 15 is 0 Å². The Morgan fingerprint density at radius 3 is 2.24 bits per heavy atom. The molecule has 33 heavy (non-hydrogen) atoms. The van der Waals surface area contributed by atoms with Gasteiger partial charge in [-0.05, 0) is 38.0 Å². The highest BCUT2D eigenvalue weighted by atomic mass is 15.2. The molecule has 0 spiro atoms. The van der Waals surface area contributed by atoms with Gasteiger partial charge in [0, 0.05) is 41.1 Å². The fourth-order valence-electron chi connectivity index (χ4n) is 5.56. The zero-order valence-corrected chi connectivity index (χ0v) is 21.2. The van der Waals surface area contributed by atoms with Crippen LogP contribution in [0.3, 0.4) is 0 Å². The molecule has 0 aliphatic carbocycles. The third kappa shape index (κ3) is 4.12. The number of rotatable bonds is 7. The van der Waals surface area contributed by atoms with Crippen LogP contribution >= 0.6 is 0 Å². The Morgan fingerprint density at radius 1 is 0.818 bits per heavy atom. The molecule has 0 atom stereocenters. The normalized spacial score (nSPS) is 19.8. The van der Waals surface area contributed by atoms with Gasteiger partial charge in [-0.25, -0.2) is 0 Å². The van der Waals surface area contributed by atoms with Crippen LogP contribution in [0.1, 0.15) is 65.0 Å². The van der Waals surface area contributed by atoms with E-state index in [0.29, 0.717) is 0 Å². The Balaban J connectivity index is 1.57. The predicted molar refractivity (Wildman–Crippen MR) is 143 cm³/mol. The number of benzene rings is 2. The van der Waals surface area contributed by atoms with Crippen LogP contribution in [-0.2, 0) is 10.8 Å². The molecule has 0 saturated heterocycles. The van der Waals surface area contributed by atoms with Gasteiger partial charge in [0.05, 0.1) is 5.41 Å². The summed E-state index contributed by atoms with van der Waals surface area (Å²) in [6.07, 6.45) is 14.9. The lowest BCUT2D eigenvalue weighted by atomic mass is 9.81. The average Bonchev–Trinajstić information content (AvgIpc) is 3.13. The third-order valence-corrected chi connectivity index (χ3v) is 7.46. The van der Waals surface area contributed by atoms with E-state index in [4.69, 9.17) is 0 Å². The van der Waals surface area contributed by atoms with Gasteiger partial charge in [-0.1, -0.05) is 88.2 Å². The van der Waals surface area contributed by atoms with E-state index < -0.39 is 0 Å². The zero-order chi connectivity index (χ0) is 23.6. The number of anilines is 1. The van der Waals surface area contributed by atoms with E-state index in [1.165, 1.54) is 53.2 Å². The minimum Gasteiger partial charge on any atom is -0.344 e. The molecular formula is C31H39N2+. The van der Waals surface area contributed by atoms with Crippen LogP contribution in [0.25, 0.3) is 0 Å². The molecule has 0 radical (unpaired) electrons. The summed E-state index contributed by atoms with van der Waals surface area (Å²) >= 11 is 0. The van der Waals surface area contributed by atoms with Crippen molar-refractivity contribution in [2.24, 2.45) is 0 Å². The minimum atomic E-state index is 0.0132. The first kappa shape index (κ1) is 23.3. The minimum absolute atomic E-state index is 0.0132. The monoisotopic (exact) mass is 439 g/mol. The molecule has 2 nitrogen and oxygen atoms in total. The van der Waals surface area contributed by atoms with Gasteiger partial charge >= 0.3 is 0 Å². The van der Waals surface area contributed by atoms with Crippen LogP contribution in [0.4, 0.5) is 11.4 Å². The quantitative estimate of drug-likeness (QED) is 0.244. The van der Waals surface area contributed by atoms with Gasteiger partial charge < -0.3 is 4.90 Å². The van der Waals surface area contributed by atoms with E-state index in [9.17, 15) is 0 Å². The summed E-state index contributed by atoms with van der Waals surface area (Å²) in [6.45, 7) is 12.7. The maximum atomic E-state index is 2.54. The number of hydrogen-bond donors (Lipinski definition) is 0. The highest BCUT2D eigenvalue weighted by molar-refractivity contribution is 6.03. The predicted octanol–water partition coefficient (Wildman–Crippen LogP) is 7.68. The van der Waals surface area contributed by atoms with Gasteiger partial charge in [-0.15, -0.1) is 0 Å². The van der Waals surface area contributed by atoms with Crippen LogP contribution < -0.4 is 4.90 Å². The lowest BCUT2D eigenvalue weighted by Crippen LogP contribution is -2.27. The highest BCUT2D eigenvalue weighted by Crippen LogP contribution is 2.47. The number of unbranched alkanes of at least 4 members (excludes halogenated alkanes) is 2. The Hall–Kier alpha value is -2.87. The maximum absolute atomic E-state index is 2.54. The van der Waals surface area contributed by atoms with Crippen molar-refractivity contribution in [3.63, 3.8) is 0 Å². The molecule has 172 valence electrons. The Labute approximate surface area is 200 Å². The molecule has 2 aliphatic heterocycles. The Bertz CT molecular complexity index is 1140. The molecule has 0 fully saturated rings. The van der Waals surface area contributed by atoms with Crippen molar-refractivity contribution in [2.45, 2.75) is 64.7 Å². The molecule has 2 aromatic carbocycles. The molecule has 0 aromatic heterocycles. The molecule has 0 bridgehead atoms. The van der Waals surface area contributed by atoms with Gasteiger partial charge in [-0.3, -0.25) is 0 Å². The second kappa shape index (κ2) is 9.17. The Kier molecular flexibility index (Phi) is 6.47. The molecule has 0 amide bonds. The Morgan fingerprint density at radius 2 is 1.52 bits per heavy atom. The second-order valence-corrected chi connectivity index (χ2v) is 10.4. The second-order valence-electron chi connectivity index (χ2n) is 10.4. The molecule has 0 unspecified atom stereocenters. The smallest absolute Gasteiger partial charge is 0.209 e. The highest BCUT2D eigenvalue weighted by Gasteiger charge is 2.42. The molecule has 4 rings (SSSR count). The molecule has 2 heteroatoms. The van der Waals surface area contributed by atoms with Crippen LogP contribution in [-0.4, -0.2) is 23.9 Å². The first-order valence-corrected chi connectivity index (χ1v) is 12.4. The van der Waals surface area contributed by atoms with Crippen molar-refractivity contribution in [1.82, 2.24) is 0 Å². The van der Waals surface area contributed by atoms with Crippen molar-refractivity contribution >= 4 is 17.1 Å². The molecule has 2 heterocycles. The number of hydrogen-bond acceptors (Lipinski definition) is 1. The SMILES string of the molecule is CCCCCN1\C(=C/C=C/C=C/C2=[N+](C)c3ccccc3C2(C)C)C(C)(C)c2ccccc21. The van der Waals surface area contributed by atoms with Gasteiger partial charge in [0.2, 0.25) is 5.69 Å². The van der Waals surface area contributed by atoms with Crippen molar-refractivity contribution in [2.75, 3.05) is 18.5 Å². The van der Waals surface area contributed by atoms with Crippen LogP contribution in [0.15, 0.2) is 84.6 Å². The van der Waals surface area contributed by atoms with Gasteiger partial charge in [0.1, 0.15) is 7.05 Å². The number of allylic oxidation sites excluding steroid dienone is 6. The fourth-order valence-corrected chi connectivity index (χ4v) is 5.56. The topological polar surface area (TPSA) is 6.25 Å². The molecule has 0 saturated carbocycles. The number of fused-ring (bicyclic) bond motifs is 2. The van der Waals surface area contributed by atoms with Gasteiger partial charge in [0.15, 0.2) is 5.71 Å². The summed E-state index contributed by atoms with van der Waals surface area (Å²) in [5.41, 5.74) is 8.25. The lowest BCUT2D eigenvalue weighted by Gasteiger charge is -2.27. The van der Waals surface area contributed by atoms with Crippen molar-refractivity contribution < 1.29 is 4.58 Å². The molecule has 2 aliphatic rings. The summed E-state index contributed by atoms with van der Waals surface area (Å²) < 4.78 is 2.32. The molecule has 0 N–H and O–H groups in total. The standard InChI is InChI=1S/C31H39N2/c1-7-8-16-23-33-27-20-15-13-18-25(27)31(4,5)29(33)22-11-9-10-21-28-30(2,3)24-17-12-14-19-26(24)32(28)6/h9-15,17-22H,7-8,16,23H2,1-6H3/q+1. The summed E-state index contributed by atoms with van der Waals surface area (Å²) in [5.74, 6) is 0. The first-order chi connectivity index (χ1) is 15.8. The first-order valence-electron chi connectivity index (χ1n) is 12.4. The maximum Gasteiger partial charge on any atom is 0.209 e. The lowest BCUT2D eigenvalue weighted by molar-refractivity contribution is -0.401. The van der Waals surface area contributed by atoms with E-state index in [1.807, 2.05) is 0 Å². The van der Waals surface area contributed by atoms with Crippen LogP contribution in [0, 0.1) is 0 Å². The summed E-state index contributed by atoms with van der Waals surface area (Å²) in [7, 11) is 2.17. The summed E-state index contributed by atoms with van der Waals surface area (Å²) in [6, 6.07) is 17.6. The summed E-state index contributed by atoms with van der Waals surface area (Å²) in [4.78, 5) is 2.54. The van der Waals surface area contributed by atoms with E-state index in [2.05, 4.69) is 130 Å². The van der Waals surface area contributed by atoms with Crippen molar-refractivity contribution in [1.29, 1.82) is 0 Å². The fraction of sp³-hybridized carbons (Fsp3) is 0.387. The van der Waals surface area contributed by atoms with E-state index in [0.717, 1.165) is 6.54 Å². The third-order valence-electron chi connectivity index (χ3n) is 7.46. The number of nitrogens with zero attached hydrogens (tertiary/aromatic N) is 2. The van der Waals surface area contributed by atoms with Crippen molar-refractivity contribution in [3.8, 4) is 0 Å². The van der Waals surface area contributed by atoms with Crippen LogP contribution in [0.5, 0.6) is 0 Å². The van der Waals surface area contributed by atoms with Crippen molar-refractivity contribution in [3.05, 3.63) is 95.7 Å². The van der Waals surface area contributed by atoms with Gasteiger partial charge in [-0.2, -0.15) is 4.58 Å². The number of para-hydroxylation sites is 2. The summed E-state index contributed by atoms with van der Waals surface area (Å²) in [5, 5.41) is 0. The average molecular weight is 440 g/mol. The van der Waals surface area contributed by atoms with E-state index in [-0.39, 0.29) is 10.8 Å². The molecule has 2 aromatic rings. The largest absolute Gasteiger partial charge is 0.344 e. The van der Waals surface area contributed by atoms with Crippen LogP contribution in [0.2, 0.25) is 0 Å². The van der Waals surface area contributed by atoms with Gasteiger partial charge in [0.25, 0.3) is 0 Å². The zero-order valence-electron chi connectivity index (χ0n) is 21.2. The van der Waals surface area contributed by atoms with E-state index in [1.54, 1.807) is 0 Å². The molecular weight excluding hydrogens is 400 g/mol.